The van der Waals surface area contributed by atoms with Crippen molar-refractivity contribution in [3.8, 4) is 0 Å². The van der Waals surface area contributed by atoms with E-state index in [-0.39, 0.29) is 0 Å². The molecule has 0 aliphatic heterocycles. The molecule has 3 aromatic rings. The van der Waals surface area contributed by atoms with Crippen LogP contribution in [-0.4, -0.2) is 0 Å². The van der Waals surface area contributed by atoms with Gasteiger partial charge in [0.25, 0.3) is 0 Å². The maximum Gasteiger partial charge on any atom is -0.00649 e. The van der Waals surface area contributed by atoms with Crippen LogP contribution in [0.3, 0.4) is 0 Å². The smallest absolute Gasteiger partial charge is 0.00649 e. The second-order valence-corrected chi connectivity index (χ2v) is 6.45. The van der Waals surface area contributed by atoms with Crippen LogP contribution in [0.4, 0.5) is 0 Å². The Kier molecular flexibility index (Phi) is 3.34. The minimum absolute atomic E-state index is 0.536. The molecule has 0 fully saturated rings. The molecule has 0 saturated heterocycles. The van der Waals surface area contributed by atoms with Crippen molar-refractivity contribution in [3.05, 3.63) is 48.0 Å². The van der Waals surface area contributed by atoms with E-state index >= 15 is 0 Å². The molecule has 2 heteroatoms. The van der Waals surface area contributed by atoms with Crippen molar-refractivity contribution in [1.82, 2.24) is 0 Å². The van der Waals surface area contributed by atoms with Gasteiger partial charge in [-0.3, -0.25) is 0 Å². The Bertz CT molecular complexity index is 773. The number of rotatable bonds is 1. The van der Waals surface area contributed by atoms with Crippen LogP contribution in [0.2, 0.25) is 0 Å². The average Bonchev–Trinajstić information content (AvgIpc) is 2.44. The molecule has 0 aliphatic carbocycles. The molecular formula is C17H18P2. The molecule has 0 N–H and O–H groups in total. The molecule has 19 heavy (non-hydrogen) atoms. The fourth-order valence-electron chi connectivity index (χ4n) is 2.81. The van der Waals surface area contributed by atoms with Gasteiger partial charge in [-0.15, -0.1) is 18.5 Å². The van der Waals surface area contributed by atoms with Crippen molar-refractivity contribution in [2.75, 3.05) is 0 Å². The Labute approximate surface area is 119 Å². The first-order chi connectivity index (χ1) is 9.11. The van der Waals surface area contributed by atoms with Crippen LogP contribution >= 0.6 is 18.5 Å². The van der Waals surface area contributed by atoms with Gasteiger partial charge < -0.3 is 0 Å². The SMILES string of the molecule is CC(C)c1cccc2c(P)c3ccccc3c(P)c12. The number of hydrogen-bond acceptors (Lipinski definition) is 0. The standard InChI is InChI=1S/C17H18P2/c1-10(2)11-8-5-9-14-15(11)17(19)13-7-4-3-6-12(13)16(14)18/h3-10H,18-19H2,1-2H3. The van der Waals surface area contributed by atoms with Gasteiger partial charge in [0, 0.05) is 0 Å². The lowest BCUT2D eigenvalue weighted by atomic mass is 9.93. The van der Waals surface area contributed by atoms with Crippen LogP contribution in [-0.2, 0) is 0 Å². The molecule has 0 aliphatic rings. The quantitative estimate of drug-likeness (QED) is 0.466. The van der Waals surface area contributed by atoms with Crippen LogP contribution in [0.1, 0.15) is 25.3 Å². The lowest BCUT2D eigenvalue weighted by molar-refractivity contribution is 0.877. The minimum atomic E-state index is 0.536. The van der Waals surface area contributed by atoms with E-state index in [1.807, 2.05) is 0 Å². The predicted octanol–water partition coefficient (Wildman–Crippen LogP) is 4.12. The summed E-state index contributed by atoms with van der Waals surface area (Å²) in [6.07, 6.45) is 0. The Morgan fingerprint density at radius 3 is 1.95 bits per heavy atom. The molecule has 3 rings (SSSR count). The van der Waals surface area contributed by atoms with E-state index in [0.29, 0.717) is 5.92 Å². The van der Waals surface area contributed by atoms with Gasteiger partial charge >= 0.3 is 0 Å². The molecule has 0 bridgehead atoms. The van der Waals surface area contributed by atoms with Crippen molar-refractivity contribution in [1.29, 1.82) is 0 Å². The highest BCUT2D eigenvalue weighted by Gasteiger charge is 2.13. The van der Waals surface area contributed by atoms with Gasteiger partial charge in [0.2, 0.25) is 0 Å². The average molecular weight is 284 g/mol. The maximum atomic E-state index is 2.95. The monoisotopic (exact) mass is 284 g/mol. The van der Waals surface area contributed by atoms with Gasteiger partial charge in [0.15, 0.2) is 0 Å². The van der Waals surface area contributed by atoms with Crippen LogP contribution in [0.15, 0.2) is 42.5 Å². The molecule has 0 amide bonds. The third-order valence-electron chi connectivity index (χ3n) is 3.79. The lowest BCUT2D eigenvalue weighted by Gasteiger charge is -2.16. The van der Waals surface area contributed by atoms with Gasteiger partial charge in [0.1, 0.15) is 0 Å². The van der Waals surface area contributed by atoms with Gasteiger partial charge in [-0.25, -0.2) is 0 Å². The van der Waals surface area contributed by atoms with Crippen LogP contribution in [0.25, 0.3) is 21.5 Å². The molecule has 2 unspecified atom stereocenters. The zero-order chi connectivity index (χ0) is 13.6. The zero-order valence-corrected chi connectivity index (χ0v) is 13.6. The molecule has 0 aromatic heterocycles. The van der Waals surface area contributed by atoms with E-state index in [9.17, 15) is 0 Å². The summed E-state index contributed by atoms with van der Waals surface area (Å²) in [7, 11) is 5.88. The van der Waals surface area contributed by atoms with E-state index < -0.39 is 0 Å². The molecule has 0 spiro atoms. The molecule has 96 valence electrons. The second kappa shape index (κ2) is 4.86. The third kappa shape index (κ3) is 1.99. The van der Waals surface area contributed by atoms with E-state index in [1.165, 1.54) is 37.7 Å². The van der Waals surface area contributed by atoms with E-state index in [4.69, 9.17) is 0 Å². The number of fused-ring (bicyclic) bond motifs is 2. The Morgan fingerprint density at radius 1 is 0.737 bits per heavy atom. The van der Waals surface area contributed by atoms with Crippen molar-refractivity contribution in [3.63, 3.8) is 0 Å². The van der Waals surface area contributed by atoms with Crippen LogP contribution in [0.5, 0.6) is 0 Å². The summed E-state index contributed by atoms with van der Waals surface area (Å²) >= 11 is 0. The highest BCUT2D eigenvalue weighted by atomic mass is 31.0. The molecule has 0 nitrogen and oxygen atoms in total. The maximum absolute atomic E-state index is 2.95. The molecule has 0 heterocycles. The first-order valence-corrected chi connectivity index (χ1v) is 7.75. The summed E-state index contributed by atoms with van der Waals surface area (Å²) in [4.78, 5) is 0. The van der Waals surface area contributed by atoms with Crippen molar-refractivity contribution < 1.29 is 0 Å². The van der Waals surface area contributed by atoms with Gasteiger partial charge in [-0.05, 0) is 43.6 Å². The molecular weight excluding hydrogens is 266 g/mol. The Morgan fingerprint density at radius 2 is 1.32 bits per heavy atom. The summed E-state index contributed by atoms with van der Waals surface area (Å²) in [5, 5.41) is 8.02. The normalized spacial score (nSPS) is 11.6. The summed E-state index contributed by atoms with van der Waals surface area (Å²) in [6.45, 7) is 4.52. The largest absolute Gasteiger partial charge is 0.104 e. The first-order valence-electron chi connectivity index (χ1n) is 6.59. The molecule has 3 aromatic carbocycles. The number of benzene rings is 3. The number of hydrogen-bond donors (Lipinski definition) is 0. The Hall–Kier alpha value is -0.960. The van der Waals surface area contributed by atoms with Crippen LogP contribution in [0, 0.1) is 0 Å². The summed E-state index contributed by atoms with van der Waals surface area (Å²) < 4.78 is 0. The molecule has 0 saturated carbocycles. The molecule has 2 atom stereocenters. The lowest BCUT2D eigenvalue weighted by Crippen LogP contribution is -2.08. The van der Waals surface area contributed by atoms with Gasteiger partial charge in [-0.1, -0.05) is 56.3 Å². The highest BCUT2D eigenvalue weighted by molar-refractivity contribution is 7.31. The summed E-state index contributed by atoms with van der Waals surface area (Å²) in [5.41, 5.74) is 1.43. The summed E-state index contributed by atoms with van der Waals surface area (Å²) in [5.74, 6) is 0.536. The van der Waals surface area contributed by atoms with Gasteiger partial charge in [-0.2, -0.15) is 0 Å². The van der Waals surface area contributed by atoms with E-state index in [1.54, 1.807) is 0 Å². The van der Waals surface area contributed by atoms with Crippen molar-refractivity contribution in [2.45, 2.75) is 19.8 Å². The fourth-order valence-corrected chi connectivity index (χ4v) is 3.88. The van der Waals surface area contributed by atoms with Crippen molar-refractivity contribution >= 4 is 50.6 Å². The first kappa shape index (κ1) is 13.0. The predicted molar refractivity (Wildman–Crippen MR) is 94.2 cm³/mol. The van der Waals surface area contributed by atoms with E-state index in [0.717, 1.165) is 0 Å². The topological polar surface area (TPSA) is 0 Å². The molecule has 0 radical (unpaired) electrons. The van der Waals surface area contributed by atoms with Crippen molar-refractivity contribution in [2.24, 2.45) is 0 Å². The minimum Gasteiger partial charge on any atom is -0.104 e. The fraction of sp³-hybridized carbons (Fsp3) is 0.176. The zero-order valence-electron chi connectivity index (χ0n) is 11.3. The van der Waals surface area contributed by atoms with Crippen LogP contribution < -0.4 is 10.6 Å². The summed E-state index contributed by atoms with van der Waals surface area (Å²) in [6, 6.07) is 15.3. The highest BCUT2D eigenvalue weighted by Crippen LogP contribution is 2.29. The van der Waals surface area contributed by atoms with Gasteiger partial charge in [0.05, 0.1) is 0 Å². The third-order valence-corrected chi connectivity index (χ3v) is 5.01. The van der Waals surface area contributed by atoms with E-state index in [2.05, 4.69) is 74.8 Å². The Balaban J connectivity index is 2.60. The second-order valence-electron chi connectivity index (χ2n) is 5.30.